The van der Waals surface area contributed by atoms with Gasteiger partial charge < -0.3 is 0 Å². The molecule has 0 N–H and O–H groups in total. The second kappa shape index (κ2) is 21.8. The molecule has 2 nitrogen and oxygen atoms in total. The highest BCUT2D eigenvalue weighted by Gasteiger charge is 2.19. The van der Waals surface area contributed by atoms with Crippen molar-refractivity contribution in [3.8, 4) is 11.4 Å². The van der Waals surface area contributed by atoms with Crippen molar-refractivity contribution in [2.24, 2.45) is 0 Å². The number of benzene rings is 1. The molecule has 0 bridgehead atoms. The maximum Gasteiger partial charge on any atom is 0.300 e. The van der Waals surface area contributed by atoms with Gasteiger partial charge in [-0.1, -0.05) is 141 Å². The van der Waals surface area contributed by atoms with E-state index in [0.29, 0.717) is 0 Å². The first kappa shape index (κ1) is 31.0. The molecule has 2 rings (SSSR count). The van der Waals surface area contributed by atoms with E-state index < -0.39 is 0 Å². The van der Waals surface area contributed by atoms with E-state index in [9.17, 15) is 0 Å². The van der Waals surface area contributed by atoms with Crippen LogP contribution in [-0.2, 0) is 6.54 Å². The highest BCUT2D eigenvalue weighted by Crippen LogP contribution is 2.22. The molecule has 0 aliphatic rings. The number of aromatic nitrogens is 2. The molecule has 0 unspecified atom stereocenters. The lowest BCUT2D eigenvalue weighted by Gasteiger charge is -2.06. The van der Waals surface area contributed by atoms with Crippen LogP contribution in [0.1, 0.15) is 142 Å². The lowest BCUT2D eigenvalue weighted by molar-refractivity contribution is -0.685. The van der Waals surface area contributed by atoms with Crippen molar-refractivity contribution < 1.29 is 4.57 Å². The van der Waals surface area contributed by atoms with Gasteiger partial charge >= 0.3 is 5.82 Å². The summed E-state index contributed by atoms with van der Waals surface area (Å²) in [5.74, 6) is 2.58. The highest BCUT2D eigenvalue weighted by molar-refractivity contribution is 7.97. The Bertz CT molecular complexity index is 739. The summed E-state index contributed by atoms with van der Waals surface area (Å²) in [4.78, 5) is 0. The minimum atomic E-state index is 1.13. The minimum absolute atomic E-state index is 1.13. The van der Waals surface area contributed by atoms with Crippen LogP contribution in [0, 0.1) is 0 Å². The molecule has 0 aliphatic heterocycles. The molecule has 2 aromatic rings. The third kappa shape index (κ3) is 13.9. The molecule has 1 aromatic carbocycles. The summed E-state index contributed by atoms with van der Waals surface area (Å²) in [6, 6.07) is 11.0. The van der Waals surface area contributed by atoms with E-state index in [4.69, 9.17) is 0 Å². The molecular formula is C33H57N2S+. The van der Waals surface area contributed by atoms with E-state index >= 15 is 0 Å². The average Bonchev–Trinajstić information content (AvgIpc) is 3.31. The van der Waals surface area contributed by atoms with E-state index in [1.54, 1.807) is 0 Å². The van der Waals surface area contributed by atoms with Crippen LogP contribution in [0.25, 0.3) is 11.4 Å². The number of aryl methyl sites for hydroxylation is 1. The van der Waals surface area contributed by atoms with Gasteiger partial charge in [0, 0.05) is 5.75 Å². The van der Waals surface area contributed by atoms with Crippen molar-refractivity contribution in [1.29, 1.82) is 0 Å². The lowest BCUT2D eigenvalue weighted by Crippen LogP contribution is -2.34. The normalized spacial score (nSPS) is 11.4. The molecule has 0 atom stereocenters. The van der Waals surface area contributed by atoms with E-state index in [1.807, 2.05) is 11.9 Å². The quantitative estimate of drug-likeness (QED) is 0.100. The summed E-state index contributed by atoms with van der Waals surface area (Å²) in [5, 5.41) is 0. The zero-order chi connectivity index (χ0) is 25.5. The zero-order valence-corrected chi connectivity index (χ0v) is 24.7. The van der Waals surface area contributed by atoms with Gasteiger partial charge in [0.15, 0.2) is 0 Å². The van der Waals surface area contributed by atoms with Crippen molar-refractivity contribution >= 4 is 11.9 Å². The molecule has 0 radical (unpaired) electrons. The van der Waals surface area contributed by atoms with Crippen molar-refractivity contribution in [3.05, 3.63) is 42.7 Å². The Morgan fingerprint density at radius 3 is 1.58 bits per heavy atom. The number of imidazole rings is 1. The molecule has 0 spiro atoms. The van der Waals surface area contributed by atoms with Gasteiger partial charge in [0.25, 0.3) is 0 Å². The van der Waals surface area contributed by atoms with Crippen molar-refractivity contribution in [2.75, 3.05) is 5.75 Å². The smallest absolute Gasteiger partial charge is 0.229 e. The molecule has 36 heavy (non-hydrogen) atoms. The Hall–Kier alpha value is -1.22. The van der Waals surface area contributed by atoms with Gasteiger partial charge in [0.2, 0.25) is 0 Å². The Kier molecular flexibility index (Phi) is 18.8. The standard InChI is InChI=1S/C33H57N2S/c1-3-5-7-9-11-13-14-15-16-18-20-25-31-36-35-30-29-34(33(35)32-26-22-21-23-27-32)28-24-19-17-12-10-8-6-4-2/h21-23,26-27,29-30H,3-20,24-25,28,31H2,1-2H3/q+1. The van der Waals surface area contributed by atoms with Gasteiger partial charge in [0.1, 0.15) is 12.4 Å². The van der Waals surface area contributed by atoms with Gasteiger partial charge in [-0.15, -0.1) is 0 Å². The van der Waals surface area contributed by atoms with E-state index in [-0.39, 0.29) is 0 Å². The number of nitrogens with zero attached hydrogens (tertiary/aromatic N) is 2. The number of unbranched alkanes of at least 4 members (excludes halogenated alkanes) is 18. The number of rotatable bonds is 24. The Morgan fingerprint density at radius 1 is 0.583 bits per heavy atom. The van der Waals surface area contributed by atoms with E-state index in [1.165, 1.54) is 146 Å². The van der Waals surface area contributed by atoms with Gasteiger partial charge in [-0.3, -0.25) is 0 Å². The average molecular weight is 514 g/mol. The highest BCUT2D eigenvalue weighted by atomic mass is 32.2. The third-order valence-corrected chi connectivity index (χ3v) is 8.42. The molecule has 3 heteroatoms. The Morgan fingerprint density at radius 2 is 1.06 bits per heavy atom. The van der Waals surface area contributed by atoms with Crippen LogP contribution in [0.5, 0.6) is 0 Å². The van der Waals surface area contributed by atoms with Crippen LogP contribution < -0.4 is 4.57 Å². The second-order valence-electron chi connectivity index (χ2n) is 10.7. The predicted octanol–water partition coefficient (Wildman–Crippen LogP) is 10.8. The second-order valence-corrected chi connectivity index (χ2v) is 11.8. The van der Waals surface area contributed by atoms with E-state index in [0.717, 1.165) is 6.54 Å². The van der Waals surface area contributed by atoms with Crippen molar-refractivity contribution in [3.63, 3.8) is 0 Å². The summed E-state index contributed by atoms with van der Waals surface area (Å²) in [7, 11) is 0. The molecule has 0 saturated heterocycles. The summed E-state index contributed by atoms with van der Waals surface area (Å²) in [6.07, 6.45) is 32.6. The topological polar surface area (TPSA) is 8.81 Å². The predicted molar refractivity (Wildman–Crippen MR) is 162 cm³/mol. The van der Waals surface area contributed by atoms with Gasteiger partial charge in [-0.2, -0.15) is 3.97 Å². The minimum Gasteiger partial charge on any atom is -0.229 e. The fraction of sp³-hybridized carbons (Fsp3) is 0.727. The van der Waals surface area contributed by atoms with Gasteiger partial charge in [-0.25, -0.2) is 4.57 Å². The van der Waals surface area contributed by atoms with Crippen LogP contribution in [0.15, 0.2) is 42.7 Å². The van der Waals surface area contributed by atoms with Crippen LogP contribution >= 0.6 is 11.9 Å². The molecule has 0 fully saturated rings. The molecule has 1 heterocycles. The summed E-state index contributed by atoms with van der Waals surface area (Å²) in [6.45, 7) is 5.73. The first-order valence-corrected chi connectivity index (χ1v) is 16.6. The SMILES string of the molecule is CCCCCCCCCCCCCCSn1cc[n+](CCCCCCCCCC)c1-c1ccccc1. The Labute approximate surface area is 228 Å². The molecule has 0 saturated carbocycles. The number of hydrogen-bond donors (Lipinski definition) is 0. The molecule has 204 valence electrons. The monoisotopic (exact) mass is 513 g/mol. The van der Waals surface area contributed by atoms with Gasteiger partial charge in [0.05, 0.1) is 24.1 Å². The van der Waals surface area contributed by atoms with Crippen LogP contribution in [0.3, 0.4) is 0 Å². The largest absolute Gasteiger partial charge is 0.300 e. The van der Waals surface area contributed by atoms with Crippen LogP contribution in [0.4, 0.5) is 0 Å². The zero-order valence-electron chi connectivity index (χ0n) is 23.9. The Balaban J connectivity index is 1.65. The molecule has 1 aromatic heterocycles. The molecule has 0 aliphatic carbocycles. The van der Waals surface area contributed by atoms with Gasteiger partial charge in [-0.05, 0) is 31.4 Å². The van der Waals surface area contributed by atoms with Crippen molar-refractivity contribution in [1.82, 2.24) is 3.97 Å². The molecule has 0 amide bonds. The van der Waals surface area contributed by atoms with Crippen LogP contribution in [-0.4, -0.2) is 9.73 Å². The first-order chi connectivity index (χ1) is 17.9. The third-order valence-electron chi connectivity index (χ3n) is 7.38. The maximum atomic E-state index is 2.49. The van der Waals surface area contributed by atoms with Crippen LogP contribution in [0.2, 0.25) is 0 Å². The van der Waals surface area contributed by atoms with Crippen molar-refractivity contribution in [2.45, 2.75) is 149 Å². The molecular weight excluding hydrogens is 456 g/mol. The lowest BCUT2D eigenvalue weighted by atomic mass is 10.1. The maximum absolute atomic E-state index is 2.49. The summed E-state index contributed by atoms with van der Waals surface area (Å²) >= 11 is 1.99. The van der Waals surface area contributed by atoms with E-state index in [2.05, 4.69) is 65.1 Å². The summed E-state index contributed by atoms with van der Waals surface area (Å²) in [5.41, 5.74) is 1.34. The number of hydrogen-bond acceptors (Lipinski definition) is 1. The first-order valence-electron chi connectivity index (χ1n) is 15.7. The fourth-order valence-electron chi connectivity index (χ4n) is 5.10. The summed E-state index contributed by atoms with van der Waals surface area (Å²) < 4.78 is 4.92. The fourth-order valence-corrected chi connectivity index (χ4v) is 6.10.